The van der Waals surface area contributed by atoms with Crippen LogP contribution < -0.4 is 5.32 Å². The lowest BCUT2D eigenvalue weighted by molar-refractivity contribution is 0.240. The number of hydrogen-bond donors (Lipinski definition) is 1. The van der Waals surface area contributed by atoms with Gasteiger partial charge in [-0.2, -0.15) is 0 Å². The Balaban J connectivity index is 2.06. The van der Waals surface area contributed by atoms with Crippen molar-refractivity contribution in [3.63, 3.8) is 0 Å². The second kappa shape index (κ2) is 7.88. The van der Waals surface area contributed by atoms with Gasteiger partial charge in [0.25, 0.3) is 0 Å². The van der Waals surface area contributed by atoms with Gasteiger partial charge in [-0.05, 0) is 55.6 Å². The van der Waals surface area contributed by atoms with Gasteiger partial charge in [-0.25, -0.2) is 0 Å². The van der Waals surface area contributed by atoms with Crippen molar-refractivity contribution < 1.29 is 0 Å². The molecular formula is C20H24Cl2N2. The summed E-state index contributed by atoms with van der Waals surface area (Å²) in [5.74, 6) is 0. The summed E-state index contributed by atoms with van der Waals surface area (Å²) in [6.45, 7) is 8.54. The molecule has 24 heavy (non-hydrogen) atoms. The first-order valence-electron chi connectivity index (χ1n) is 8.53. The highest BCUT2D eigenvalue weighted by Gasteiger charge is 2.25. The van der Waals surface area contributed by atoms with Crippen LogP contribution in [0.4, 0.5) is 0 Å². The fraction of sp³-hybridized carbons (Fsp3) is 0.400. The normalized spacial score (nSPS) is 17.5. The van der Waals surface area contributed by atoms with Crippen molar-refractivity contribution >= 4 is 23.2 Å². The second-order valence-electron chi connectivity index (χ2n) is 6.58. The van der Waals surface area contributed by atoms with Crippen LogP contribution in [0.2, 0.25) is 10.0 Å². The van der Waals surface area contributed by atoms with Crippen LogP contribution in [0.3, 0.4) is 0 Å². The van der Waals surface area contributed by atoms with E-state index in [-0.39, 0.29) is 6.04 Å². The largest absolute Gasteiger partial charge is 0.315 e. The topological polar surface area (TPSA) is 15.3 Å². The molecule has 0 bridgehead atoms. The Morgan fingerprint density at radius 3 is 2.54 bits per heavy atom. The Kier molecular flexibility index (Phi) is 5.83. The monoisotopic (exact) mass is 362 g/mol. The zero-order valence-electron chi connectivity index (χ0n) is 14.3. The molecular weight excluding hydrogens is 339 g/mol. The van der Waals surface area contributed by atoms with Gasteiger partial charge in [-0.15, -0.1) is 0 Å². The highest BCUT2D eigenvalue weighted by atomic mass is 35.5. The summed E-state index contributed by atoms with van der Waals surface area (Å²) < 4.78 is 0. The van der Waals surface area contributed by atoms with E-state index in [9.17, 15) is 0 Å². The maximum Gasteiger partial charge on any atom is 0.0605 e. The van der Waals surface area contributed by atoms with Crippen LogP contribution in [-0.2, 0) is 0 Å². The molecule has 1 unspecified atom stereocenters. The van der Waals surface area contributed by atoms with Gasteiger partial charge in [0.1, 0.15) is 0 Å². The van der Waals surface area contributed by atoms with Crippen molar-refractivity contribution in [3.8, 4) is 0 Å². The summed E-state index contributed by atoms with van der Waals surface area (Å²) in [4.78, 5) is 2.55. The maximum atomic E-state index is 6.32. The first kappa shape index (κ1) is 17.8. The summed E-state index contributed by atoms with van der Waals surface area (Å²) in [5, 5.41) is 4.72. The summed E-state index contributed by atoms with van der Waals surface area (Å²) in [7, 11) is 0. The molecule has 1 atom stereocenters. The van der Waals surface area contributed by atoms with Crippen LogP contribution in [0, 0.1) is 13.8 Å². The van der Waals surface area contributed by atoms with Gasteiger partial charge < -0.3 is 5.32 Å². The zero-order valence-corrected chi connectivity index (χ0v) is 15.8. The van der Waals surface area contributed by atoms with Crippen molar-refractivity contribution in [1.29, 1.82) is 0 Å². The van der Waals surface area contributed by atoms with Crippen molar-refractivity contribution in [2.75, 3.05) is 26.2 Å². The molecule has 3 rings (SSSR count). The van der Waals surface area contributed by atoms with Crippen LogP contribution in [-0.4, -0.2) is 31.1 Å². The Hall–Kier alpha value is -1.06. The molecule has 1 fully saturated rings. The number of nitrogens with one attached hydrogen (secondary N) is 1. The highest BCUT2D eigenvalue weighted by molar-refractivity contribution is 6.42. The molecule has 2 aromatic carbocycles. The van der Waals surface area contributed by atoms with E-state index < -0.39 is 0 Å². The SMILES string of the molecule is Cc1ccc(C(c2ccc(Cl)c(Cl)c2)N2CCCNCC2)c(C)c1. The third-order valence-electron chi connectivity index (χ3n) is 4.72. The zero-order chi connectivity index (χ0) is 17.1. The smallest absolute Gasteiger partial charge is 0.0605 e. The molecule has 1 aliphatic rings. The summed E-state index contributed by atoms with van der Waals surface area (Å²) in [6.07, 6.45) is 1.16. The van der Waals surface area contributed by atoms with Gasteiger partial charge in [0.2, 0.25) is 0 Å². The maximum absolute atomic E-state index is 6.32. The third kappa shape index (κ3) is 3.94. The first-order valence-corrected chi connectivity index (χ1v) is 9.29. The van der Waals surface area contributed by atoms with Crippen LogP contribution in [0.1, 0.15) is 34.7 Å². The average molecular weight is 363 g/mol. The van der Waals surface area contributed by atoms with Gasteiger partial charge >= 0.3 is 0 Å². The number of rotatable bonds is 3. The lowest BCUT2D eigenvalue weighted by atomic mass is 9.92. The molecule has 0 radical (unpaired) electrons. The van der Waals surface area contributed by atoms with Crippen LogP contribution in [0.25, 0.3) is 0 Å². The number of halogens is 2. The summed E-state index contributed by atoms with van der Waals surface area (Å²) >= 11 is 12.5. The van der Waals surface area contributed by atoms with Gasteiger partial charge in [-0.1, -0.05) is 53.0 Å². The summed E-state index contributed by atoms with van der Waals surface area (Å²) in [5.41, 5.74) is 5.17. The Morgan fingerprint density at radius 2 is 1.79 bits per heavy atom. The van der Waals surface area contributed by atoms with Crippen LogP contribution >= 0.6 is 23.2 Å². The molecule has 1 saturated heterocycles. The molecule has 0 aliphatic carbocycles. The Bertz CT molecular complexity index is 707. The molecule has 4 heteroatoms. The fourth-order valence-corrected chi connectivity index (χ4v) is 3.83. The Morgan fingerprint density at radius 1 is 0.958 bits per heavy atom. The lowest BCUT2D eigenvalue weighted by Gasteiger charge is -2.32. The predicted molar refractivity (Wildman–Crippen MR) is 103 cm³/mol. The lowest BCUT2D eigenvalue weighted by Crippen LogP contribution is -2.33. The fourth-order valence-electron chi connectivity index (χ4n) is 3.53. The number of nitrogens with zero attached hydrogens (tertiary/aromatic N) is 1. The molecule has 0 aromatic heterocycles. The summed E-state index contributed by atoms with van der Waals surface area (Å²) in [6, 6.07) is 13.0. The number of hydrogen-bond acceptors (Lipinski definition) is 2. The molecule has 0 spiro atoms. The van der Waals surface area contributed by atoms with E-state index >= 15 is 0 Å². The molecule has 0 saturated carbocycles. The quantitative estimate of drug-likeness (QED) is 0.826. The van der Waals surface area contributed by atoms with Crippen LogP contribution in [0.5, 0.6) is 0 Å². The van der Waals surface area contributed by atoms with Crippen LogP contribution in [0.15, 0.2) is 36.4 Å². The Labute approximate surface area is 154 Å². The molecule has 1 heterocycles. The first-order chi connectivity index (χ1) is 11.6. The van der Waals surface area contributed by atoms with E-state index in [0.717, 1.165) is 32.6 Å². The molecule has 1 N–H and O–H groups in total. The minimum atomic E-state index is 0.209. The van der Waals surface area contributed by atoms with Crippen molar-refractivity contribution in [1.82, 2.24) is 10.2 Å². The minimum Gasteiger partial charge on any atom is -0.315 e. The van der Waals surface area contributed by atoms with E-state index in [1.165, 1.54) is 22.3 Å². The number of benzene rings is 2. The van der Waals surface area contributed by atoms with Crippen molar-refractivity contribution in [3.05, 3.63) is 68.7 Å². The van der Waals surface area contributed by atoms with Gasteiger partial charge in [0.05, 0.1) is 16.1 Å². The van der Waals surface area contributed by atoms with Crippen molar-refractivity contribution in [2.45, 2.75) is 26.3 Å². The van der Waals surface area contributed by atoms with E-state index in [0.29, 0.717) is 10.0 Å². The molecule has 0 amide bonds. The molecule has 2 aromatic rings. The molecule has 1 aliphatic heterocycles. The molecule has 2 nitrogen and oxygen atoms in total. The number of aryl methyl sites for hydroxylation is 2. The van der Waals surface area contributed by atoms with E-state index in [2.05, 4.69) is 48.3 Å². The average Bonchev–Trinajstić information content (AvgIpc) is 2.82. The van der Waals surface area contributed by atoms with E-state index in [1.807, 2.05) is 12.1 Å². The third-order valence-corrected chi connectivity index (χ3v) is 5.46. The van der Waals surface area contributed by atoms with Gasteiger partial charge in [0.15, 0.2) is 0 Å². The van der Waals surface area contributed by atoms with E-state index in [1.54, 1.807) is 0 Å². The predicted octanol–water partition coefficient (Wildman–Crippen LogP) is 4.99. The van der Waals surface area contributed by atoms with Gasteiger partial charge in [-0.3, -0.25) is 4.90 Å². The van der Waals surface area contributed by atoms with Crippen molar-refractivity contribution in [2.24, 2.45) is 0 Å². The van der Waals surface area contributed by atoms with Gasteiger partial charge in [0, 0.05) is 19.6 Å². The molecule has 128 valence electrons. The second-order valence-corrected chi connectivity index (χ2v) is 7.39. The minimum absolute atomic E-state index is 0.209. The van der Waals surface area contributed by atoms with E-state index in [4.69, 9.17) is 23.2 Å². The highest BCUT2D eigenvalue weighted by Crippen LogP contribution is 2.34. The standard InChI is InChI=1S/C20H24Cl2N2/c1-14-4-6-17(15(2)12-14)20(24-10-3-8-23-9-11-24)16-5-7-18(21)19(22)13-16/h4-7,12-13,20,23H,3,8-11H2,1-2H3.